The number of aliphatic imine (C=N–C) groups is 1. The van der Waals surface area contributed by atoms with Gasteiger partial charge in [-0.2, -0.15) is 0 Å². The summed E-state index contributed by atoms with van der Waals surface area (Å²) >= 11 is 1.33. The lowest BCUT2D eigenvalue weighted by Gasteiger charge is -2.25. The van der Waals surface area contributed by atoms with E-state index in [1.54, 1.807) is 13.8 Å². The van der Waals surface area contributed by atoms with Crippen molar-refractivity contribution in [2.45, 2.75) is 26.3 Å². The molecule has 0 spiro atoms. The second-order valence-corrected chi connectivity index (χ2v) is 6.21. The van der Waals surface area contributed by atoms with E-state index in [0.29, 0.717) is 28.8 Å². The van der Waals surface area contributed by atoms with Crippen molar-refractivity contribution >= 4 is 28.9 Å². The predicted octanol–water partition coefficient (Wildman–Crippen LogP) is 2.73. The molecule has 7 heteroatoms. The van der Waals surface area contributed by atoms with E-state index in [9.17, 15) is 9.59 Å². The summed E-state index contributed by atoms with van der Waals surface area (Å²) in [5.74, 6) is -0.835. The Kier molecular flexibility index (Phi) is 6.43. The van der Waals surface area contributed by atoms with Gasteiger partial charge in [0.15, 0.2) is 5.17 Å². The van der Waals surface area contributed by atoms with Gasteiger partial charge in [-0.15, -0.1) is 0 Å². The highest BCUT2D eigenvalue weighted by atomic mass is 32.2. The van der Waals surface area contributed by atoms with Crippen LogP contribution in [0.15, 0.2) is 46.6 Å². The van der Waals surface area contributed by atoms with Crippen LogP contribution in [0.4, 0.5) is 0 Å². The van der Waals surface area contributed by atoms with Gasteiger partial charge < -0.3 is 15.2 Å². The Morgan fingerprint density at radius 1 is 1.33 bits per heavy atom. The van der Waals surface area contributed by atoms with E-state index in [4.69, 9.17) is 9.84 Å². The fourth-order valence-electron chi connectivity index (χ4n) is 2.31. The Bertz CT molecular complexity index is 670. The number of nitrogens with zero attached hydrogens (tertiary/aromatic N) is 1. The van der Waals surface area contributed by atoms with Crippen molar-refractivity contribution in [1.29, 1.82) is 0 Å². The molecule has 0 amide bonds. The van der Waals surface area contributed by atoms with Crippen molar-refractivity contribution < 1.29 is 19.4 Å². The molecule has 24 heavy (non-hydrogen) atoms. The lowest BCUT2D eigenvalue weighted by Crippen LogP contribution is -2.30. The molecule has 0 aliphatic carbocycles. The van der Waals surface area contributed by atoms with Gasteiger partial charge >= 0.3 is 11.9 Å². The van der Waals surface area contributed by atoms with Gasteiger partial charge in [0, 0.05) is 11.4 Å². The lowest BCUT2D eigenvalue weighted by molar-refractivity contribution is -0.139. The summed E-state index contributed by atoms with van der Waals surface area (Å²) < 4.78 is 5.16. The molecule has 1 heterocycles. The molecule has 2 rings (SSSR count). The molecule has 1 aromatic carbocycles. The van der Waals surface area contributed by atoms with Crippen molar-refractivity contribution in [3.63, 3.8) is 0 Å². The molecule has 0 unspecified atom stereocenters. The van der Waals surface area contributed by atoms with Crippen LogP contribution in [0.2, 0.25) is 0 Å². The zero-order valence-corrected chi connectivity index (χ0v) is 14.4. The molecule has 128 valence electrons. The van der Waals surface area contributed by atoms with E-state index >= 15 is 0 Å². The fourth-order valence-corrected chi connectivity index (χ4v) is 3.18. The first kappa shape index (κ1) is 18.1. The summed E-state index contributed by atoms with van der Waals surface area (Å²) in [5.41, 5.74) is 2.04. The first-order chi connectivity index (χ1) is 11.5. The van der Waals surface area contributed by atoms with Crippen LogP contribution in [0.3, 0.4) is 0 Å². The van der Waals surface area contributed by atoms with Crippen LogP contribution in [-0.2, 0) is 14.3 Å². The molecule has 0 bridgehead atoms. The average Bonchev–Trinajstić information content (AvgIpc) is 2.55. The number of allylic oxidation sites excluding steroid dienone is 1. The average molecular weight is 348 g/mol. The van der Waals surface area contributed by atoms with Gasteiger partial charge in [-0.25, -0.2) is 9.79 Å². The zero-order chi connectivity index (χ0) is 17.5. The van der Waals surface area contributed by atoms with Crippen molar-refractivity contribution in [2.75, 3.05) is 12.4 Å². The van der Waals surface area contributed by atoms with Crippen molar-refractivity contribution in [2.24, 2.45) is 4.99 Å². The van der Waals surface area contributed by atoms with E-state index in [1.807, 2.05) is 30.3 Å². The minimum atomic E-state index is -0.849. The van der Waals surface area contributed by atoms with E-state index in [0.717, 1.165) is 5.56 Å². The number of hydrogen-bond donors (Lipinski definition) is 2. The highest BCUT2D eigenvalue weighted by molar-refractivity contribution is 8.13. The number of thioether (sulfide) groups is 1. The highest BCUT2D eigenvalue weighted by Crippen LogP contribution is 2.32. The topological polar surface area (TPSA) is 88.0 Å². The Balaban J connectivity index is 2.28. The molecule has 1 atom stereocenters. The van der Waals surface area contributed by atoms with Crippen LogP contribution in [0.25, 0.3) is 0 Å². The molecule has 0 saturated heterocycles. The molecule has 0 saturated carbocycles. The van der Waals surface area contributed by atoms with E-state index < -0.39 is 18.0 Å². The van der Waals surface area contributed by atoms with Gasteiger partial charge in [0.2, 0.25) is 0 Å². The smallest absolute Gasteiger partial charge is 0.338 e. The van der Waals surface area contributed by atoms with Gasteiger partial charge in [-0.05, 0) is 19.4 Å². The van der Waals surface area contributed by atoms with Crippen LogP contribution in [-0.4, -0.2) is 34.6 Å². The number of ether oxygens (including phenoxy) is 1. The SMILES string of the molecule is CCOC(=O)C1=C(C)NC(SCCC(=O)O)=N[C@H]1c1ccccc1. The van der Waals surface area contributed by atoms with Crippen molar-refractivity contribution in [1.82, 2.24) is 5.32 Å². The Morgan fingerprint density at radius 3 is 2.67 bits per heavy atom. The first-order valence-electron chi connectivity index (χ1n) is 7.65. The van der Waals surface area contributed by atoms with Crippen molar-refractivity contribution in [3.05, 3.63) is 47.2 Å². The second-order valence-electron chi connectivity index (χ2n) is 5.12. The Hall–Kier alpha value is -2.28. The molecule has 1 aromatic rings. The van der Waals surface area contributed by atoms with Crippen molar-refractivity contribution in [3.8, 4) is 0 Å². The number of carbonyl (C=O) groups excluding carboxylic acids is 1. The minimum Gasteiger partial charge on any atom is -0.481 e. The number of carboxylic acid groups (broad SMARTS) is 1. The first-order valence-corrected chi connectivity index (χ1v) is 8.63. The monoisotopic (exact) mass is 348 g/mol. The van der Waals surface area contributed by atoms with Gasteiger partial charge in [-0.3, -0.25) is 4.79 Å². The predicted molar refractivity (Wildman–Crippen MR) is 93.8 cm³/mol. The number of amidine groups is 1. The number of hydrogen-bond acceptors (Lipinski definition) is 6. The standard InChI is InChI=1S/C17H20N2O4S/c1-3-23-16(22)14-11(2)18-17(24-10-9-13(20)21)19-15(14)12-7-5-4-6-8-12/h4-8,15H,3,9-10H2,1-2H3,(H,18,19)(H,20,21)/t15-/m0/s1. The van der Waals surface area contributed by atoms with Crippen LogP contribution >= 0.6 is 11.8 Å². The number of esters is 1. The molecule has 2 N–H and O–H groups in total. The largest absolute Gasteiger partial charge is 0.481 e. The summed E-state index contributed by atoms with van der Waals surface area (Å²) in [4.78, 5) is 27.6. The van der Waals surface area contributed by atoms with Gasteiger partial charge in [0.1, 0.15) is 6.04 Å². The van der Waals surface area contributed by atoms with Crippen LogP contribution in [0.1, 0.15) is 31.9 Å². The molecular weight excluding hydrogens is 328 g/mol. The number of benzene rings is 1. The number of nitrogens with one attached hydrogen (secondary N) is 1. The Morgan fingerprint density at radius 2 is 2.04 bits per heavy atom. The highest BCUT2D eigenvalue weighted by Gasteiger charge is 2.30. The lowest BCUT2D eigenvalue weighted by atomic mass is 9.97. The molecule has 6 nitrogen and oxygen atoms in total. The number of carbonyl (C=O) groups is 2. The summed E-state index contributed by atoms with van der Waals surface area (Å²) in [6, 6.07) is 9.04. The maximum atomic E-state index is 12.3. The molecular formula is C17H20N2O4S. The summed E-state index contributed by atoms with van der Waals surface area (Å²) in [6.07, 6.45) is 0.0505. The summed E-state index contributed by atoms with van der Waals surface area (Å²) in [6.45, 7) is 3.85. The van der Waals surface area contributed by atoms with Crippen LogP contribution in [0.5, 0.6) is 0 Å². The molecule has 0 radical (unpaired) electrons. The van der Waals surface area contributed by atoms with Gasteiger partial charge in [-0.1, -0.05) is 42.1 Å². The van der Waals surface area contributed by atoms with Gasteiger partial charge in [0.05, 0.1) is 18.6 Å². The normalized spacial score (nSPS) is 17.1. The van der Waals surface area contributed by atoms with E-state index in [1.165, 1.54) is 11.8 Å². The molecule has 1 aliphatic rings. The minimum absolute atomic E-state index is 0.0505. The summed E-state index contributed by atoms with van der Waals surface area (Å²) in [5, 5.41) is 12.4. The third kappa shape index (κ3) is 4.61. The van der Waals surface area contributed by atoms with Crippen LogP contribution in [0, 0.1) is 0 Å². The van der Waals surface area contributed by atoms with Gasteiger partial charge in [0.25, 0.3) is 0 Å². The third-order valence-electron chi connectivity index (χ3n) is 3.38. The maximum Gasteiger partial charge on any atom is 0.338 e. The quantitative estimate of drug-likeness (QED) is 0.769. The molecule has 0 aromatic heterocycles. The molecule has 1 aliphatic heterocycles. The maximum absolute atomic E-state index is 12.3. The fraction of sp³-hybridized carbons (Fsp3) is 0.353. The van der Waals surface area contributed by atoms with E-state index in [-0.39, 0.29) is 6.42 Å². The number of aliphatic carboxylic acids is 1. The van der Waals surface area contributed by atoms with E-state index in [2.05, 4.69) is 10.3 Å². The second kappa shape index (κ2) is 8.54. The Labute approximate surface area is 145 Å². The molecule has 0 fully saturated rings. The number of carboxylic acids is 1. The van der Waals surface area contributed by atoms with Crippen LogP contribution < -0.4 is 5.32 Å². The third-order valence-corrected chi connectivity index (χ3v) is 4.27. The number of rotatable bonds is 6. The zero-order valence-electron chi connectivity index (χ0n) is 13.6. The summed E-state index contributed by atoms with van der Waals surface area (Å²) in [7, 11) is 0.